The summed E-state index contributed by atoms with van der Waals surface area (Å²) in [5.74, 6) is -0.469. The zero-order valence-electron chi connectivity index (χ0n) is 13.4. The van der Waals surface area contributed by atoms with Crippen molar-refractivity contribution in [2.75, 3.05) is 0 Å². The fourth-order valence-electron chi connectivity index (χ4n) is 3.05. The first kappa shape index (κ1) is 17.8. The first-order valence-corrected chi connectivity index (χ1v) is 8.19. The van der Waals surface area contributed by atoms with Gasteiger partial charge < -0.3 is 15.2 Å². The van der Waals surface area contributed by atoms with Gasteiger partial charge in [0.1, 0.15) is 5.75 Å². The lowest BCUT2D eigenvalue weighted by Gasteiger charge is -2.17. The van der Waals surface area contributed by atoms with E-state index in [0.717, 1.165) is 0 Å². The summed E-state index contributed by atoms with van der Waals surface area (Å²) < 4.78 is 29.0. The molecule has 0 spiro atoms. The van der Waals surface area contributed by atoms with Crippen molar-refractivity contribution in [2.45, 2.75) is 44.4 Å². The number of fused-ring (bicyclic) bond motifs is 1. The summed E-state index contributed by atoms with van der Waals surface area (Å²) in [5.41, 5.74) is -0.0353. The number of halogens is 3. The number of aromatic nitrogens is 1. The highest BCUT2D eigenvalue weighted by atomic mass is 35.5. The van der Waals surface area contributed by atoms with Crippen LogP contribution in [0.4, 0.5) is 8.78 Å². The molecule has 134 valence electrons. The van der Waals surface area contributed by atoms with Crippen molar-refractivity contribution in [3.05, 3.63) is 35.0 Å². The van der Waals surface area contributed by atoms with Crippen molar-refractivity contribution in [2.24, 2.45) is 0 Å². The zero-order chi connectivity index (χ0) is 18.2. The Labute approximate surface area is 147 Å². The molecule has 1 saturated carbocycles. The van der Waals surface area contributed by atoms with E-state index in [0.29, 0.717) is 35.7 Å². The summed E-state index contributed by atoms with van der Waals surface area (Å²) in [4.78, 5) is 16.5. The van der Waals surface area contributed by atoms with Crippen molar-refractivity contribution in [3.8, 4) is 5.75 Å². The summed E-state index contributed by atoms with van der Waals surface area (Å²) in [6.45, 7) is -1.23. The monoisotopic (exact) mass is 370 g/mol. The number of amides is 1. The molecule has 1 heterocycles. The van der Waals surface area contributed by atoms with Gasteiger partial charge in [-0.3, -0.25) is 9.78 Å². The van der Waals surface area contributed by atoms with E-state index in [4.69, 9.17) is 11.6 Å². The topological polar surface area (TPSA) is 71.5 Å². The molecule has 1 aromatic heterocycles. The van der Waals surface area contributed by atoms with Gasteiger partial charge >= 0.3 is 6.61 Å². The van der Waals surface area contributed by atoms with E-state index < -0.39 is 12.2 Å². The largest absolute Gasteiger partial charge is 0.433 e. The maximum atomic E-state index is 12.4. The van der Waals surface area contributed by atoms with Crippen LogP contribution < -0.4 is 10.1 Å². The lowest BCUT2D eigenvalue weighted by molar-refractivity contribution is -0.0497. The molecule has 5 nitrogen and oxygen atoms in total. The minimum Gasteiger partial charge on any atom is -0.433 e. The smallest absolute Gasteiger partial charge is 0.387 e. The number of nitrogens with one attached hydrogen (secondary N) is 1. The highest BCUT2D eigenvalue weighted by Crippen LogP contribution is 2.31. The summed E-state index contributed by atoms with van der Waals surface area (Å²) in [5, 5.41) is 13.4. The van der Waals surface area contributed by atoms with Crippen molar-refractivity contribution in [1.82, 2.24) is 10.3 Å². The van der Waals surface area contributed by atoms with Crippen LogP contribution in [0.2, 0.25) is 5.02 Å². The minimum absolute atomic E-state index is 0.0130. The molecule has 0 aliphatic heterocycles. The van der Waals surface area contributed by atoms with E-state index in [1.807, 2.05) is 0 Å². The highest BCUT2D eigenvalue weighted by Gasteiger charge is 2.33. The van der Waals surface area contributed by atoms with Crippen molar-refractivity contribution in [3.63, 3.8) is 0 Å². The molecule has 1 aromatic carbocycles. The number of hydrogen-bond donors (Lipinski definition) is 2. The van der Waals surface area contributed by atoms with Crippen LogP contribution >= 0.6 is 11.6 Å². The van der Waals surface area contributed by atoms with Gasteiger partial charge in [0.25, 0.3) is 5.91 Å². The van der Waals surface area contributed by atoms with Gasteiger partial charge in [-0.15, -0.1) is 0 Å². The highest BCUT2D eigenvalue weighted by molar-refractivity contribution is 6.32. The second-order valence-electron chi connectivity index (χ2n) is 6.49. The molecular weight excluding hydrogens is 354 g/mol. The summed E-state index contributed by atoms with van der Waals surface area (Å²) in [7, 11) is 0. The molecule has 0 unspecified atom stereocenters. The fourth-order valence-corrected chi connectivity index (χ4v) is 3.27. The SMILES string of the molecule is C[C@]1(O)CC[C@H](NC(=O)c2cnc3cc(OC(F)F)c(Cl)cc3c2)C1. The first-order chi connectivity index (χ1) is 11.7. The number of ether oxygens (including phenoxy) is 1. The molecule has 1 aliphatic carbocycles. The van der Waals surface area contributed by atoms with Crippen LogP contribution in [0, 0.1) is 0 Å². The third-order valence-electron chi connectivity index (χ3n) is 4.27. The van der Waals surface area contributed by atoms with E-state index in [1.165, 1.54) is 18.3 Å². The molecule has 1 aliphatic rings. The van der Waals surface area contributed by atoms with Crippen LogP contribution in [0.1, 0.15) is 36.5 Å². The Morgan fingerprint density at radius 3 is 2.88 bits per heavy atom. The standard InChI is InChI=1S/C17H17ClF2N2O3/c1-17(24)3-2-11(7-17)22-15(23)10-4-9-5-12(18)14(25-16(19)20)6-13(9)21-8-10/h4-6,8,11,16,24H,2-3,7H2,1H3,(H,22,23)/t11-,17-/m0/s1. The van der Waals surface area contributed by atoms with E-state index in [-0.39, 0.29) is 22.7 Å². The zero-order valence-corrected chi connectivity index (χ0v) is 14.2. The minimum atomic E-state index is -2.98. The normalized spacial score (nSPS) is 23.2. The van der Waals surface area contributed by atoms with Gasteiger partial charge in [-0.2, -0.15) is 8.78 Å². The summed E-state index contributed by atoms with van der Waals surface area (Å²) in [6.07, 6.45) is 3.21. The molecule has 1 amide bonds. The van der Waals surface area contributed by atoms with Gasteiger partial charge in [0, 0.05) is 23.7 Å². The summed E-state index contributed by atoms with van der Waals surface area (Å²) >= 11 is 5.93. The number of carbonyl (C=O) groups excluding carboxylic acids is 1. The molecule has 25 heavy (non-hydrogen) atoms. The number of benzene rings is 1. The Morgan fingerprint density at radius 2 is 2.24 bits per heavy atom. The fraction of sp³-hybridized carbons (Fsp3) is 0.412. The number of aliphatic hydroxyl groups is 1. The van der Waals surface area contributed by atoms with Gasteiger partial charge in [-0.05, 0) is 38.3 Å². The lowest BCUT2D eigenvalue weighted by atomic mass is 10.1. The van der Waals surface area contributed by atoms with Crippen LogP contribution in [0.25, 0.3) is 10.9 Å². The molecular formula is C17H17ClF2N2O3. The predicted octanol–water partition coefficient (Wildman–Crippen LogP) is 3.52. The first-order valence-electron chi connectivity index (χ1n) is 7.81. The Morgan fingerprint density at radius 1 is 1.48 bits per heavy atom. The second-order valence-corrected chi connectivity index (χ2v) is 6.90. The van der Waals surface area contributed by atoms with E-state index in [2.05, 4.69) is 15.0 Å². The van der Waals surface area contributed by atoms with Gasteiger partial charge in [0.05, 0.1) is 21.7 Å². The molecule has 3 rings (SSSR count). The molecule has 2 N–H and O–H groups in total. The molecule has 0 radical (unpaired) electrons. The van der Waals surface area contributed by atoms with E-state index in [9.17, 15) is 18.7 Å². The maximum absolute atomic E-state index is 12.4. The van der Waals surface area contributed by atoms with Crippen LogP contribution in [0.3, 0.4) is 0 Å². The average molecular weight is 371 g/mol. The van der Waals surface area contributed by atoms with Crippen molar-refractivity contribution < 1.29 is 23.4 Å². The average Bonchev–Trinajstić information content (AvgIpc) is 2.86. The summed E-state index contributed by atoms with van der Waals surface area (Å²) in [6, 6.07) is 4.23. The Kier molecular flexibility index (Phi) is 4.79. The van der Waals surface area contributed by atoms with Gasteiger partial charge in [0.15, 0.2) is 0 Å². The third kappa shape index (κ3) is 4.16. The number of nitrogens with zero attached hydrogens (tertiary/aromatic N) is 1. The Hall–Kier alpha value is -1.99. The van der Waals surface area contributed by atoms with Gasteiger partial charge in [-0.25, -0.2) is 0 Å². The van der Waals surface area contributed by atoms with Gasteiger partial charge in [-0.1, -0.05) is 11.6 Å². The molecule has 8 heteroatoms. The lowest BCUT2D eigenvalue weighted by Crippen LogP contribution is -2.34. The Bertz CT molecular complexity index is 814. The number of alkyl halides is 2. The van der Waals surface area contributed by atoms with Crippen LogP contribution in [0.15, 0.2) is 24.4 Å². The van der Waals surface area contributed by atoms with Crippen molar-refractivity contribution >= 4 is 28.4 Å². The van der Waals surface area contributed by atoms with Crippen LogP contribution in [0.5, 0.6) is 5.75 Å². The number of carbonyl (C=O) groups is 1. The number of rotatable bonds is 4. The quantitative estimate of drug-likeness (QED) is 0.863. The van der Waals surface area contributed by atoms with E-state index >= 15 is 0 Å². The van der Waals surface area contributed by atoms with Crippen LogP contribution in [-0.4, -0.2) is 34.3 Å². The molecule has 0 saturated heterocycles. The Balaban J connectivity index is 1.80. The maximum Gasteiger partial charge on any atom is 0.387 e. The number of hydrogen-bond acceptors (Lipinski definition) is 4. The second kappa shape index (κ2) is 6.72. The van der Waals surface area contributed by atoms with E-state index in [1.54, 1.807) is 13.0 Å². The number of pyridine rings is 1. The third-order valence-corrected chi connectivity index (χ3v) is 4.56. The molecule has 2 atom stereocenters. The molecule has 0 bridgehead atoms. The van der Waals surface area contributed by atoms with Crippen molar-refractivity contribution in [1.29, 1.82) is 0 Å². The molecule has 1 fully saturated rings. The predicted molar refractivity (Wildman–Crippen MR) is 89.1 cm³/mol. The van der Waals surface area contributed by atoms with Gasteiger partial charge in [0.2, 0.25) is 0 Å². The molecule has 2 aromatic rings. The van der Waals surface area contributed by atoms with Crippen LogP contribution in [-0.2, 0) is 0 Å².